The Hall–Kier alpha value is -2.93. The van der Waals surface area contributed by atoms with E-state index in [9.17, 15) is 14.9 Å². The molecule has 7 nitrogen and oxygen atoms in total. The minimum absolute atomic E-state index is 0.0699. The molecule has 0 unspecified atom stereocenters. The van der Waals surface area contributed by atoms with Crippen LogP contribution in [0.3, 0.4) is 0 Å². The Morgan fingerprint density at radius 3 is 2.54 bits per heavy atom. The third-order valence-electron chi connectivity index (χ3n) is 4.96. The number of nitro benzene ring substituents is 1. The Labute approximate surface area is 164 Å². The molecule has 148 valence electrons. The number of anilines is 1. The van der Waals surface area contributed by atoms with E-state index >= 15 is 0 Å². The zero-order valence-electron chi connectivity index (χ0n) is 16.0. The first kappa shape index (κ1) is 19.8. The van der Waals surface area contributed by atoms with E-state index in [0.717, 1.165) is 17.7 Å². The van der Waals surface area contributed by atoms with Crippen molar-refractivity contribution in [3.63, 3.8) is 0 Å². The Morgan fingerprint density at radius 2 is 1.89 bits per heavy atom. The third-order valence-corrected chi connectivity index (χ3v) is 4.96. The summed E-state index contributed by atoms with van der Waals surface area (Å²) in [5.41, 5.74) is 2.20. The second kappa shape index (κ2) is 9.32. The summed E-state index contributed by atoms with van der Waals surface area (Å²) in [5.74, 6) is -0.177. The number of hydrogen-bond donors (Lipinski definition) is 0. The molecular formula is C21H25N3O4. The highest BCUT2D eigenvalue weighted by Gasteiger charge is 2.24. The van der Waals surface area contributed by atoms with Crippen molar-refractivity contribution >= 4 is 17.3 Å². The first-order valence-corrected chi connectivity index (χ1v) is 9.54. The highest BCUT2D eigenvalue weighted by Crippen LogP contribution is 2.27. The minimum Gasteiger partial charge on any atom is -0.378 e. The van der Waals surface area contributed by atoms with E-state index in [-0.39, 0.29) is 11.6 Å². The van der Waals surface area contributed by atoms with Crippen LogP contribution in [-0.2, 0) is 11.2 Å². The summed E-state index contributed by atoms with van der Waals surface area (Å²) in [6, 6.07) is 14.5. The third kappa shape index (κ3) is 4.67. The fourth-order valence-corrected chi connectivity index (χ4v) is 3.37. The van der Waals surface area contributed by atoms with Crippen LogP contribution in [0.4, 0.5) is 11.4 Å². The molecule has 0 radical (unpaired) electrons. The zero-order valence-corrected chi connectivity index (χ0v) is 16.0. The molecular weight excluding hydrogens is 358 g/mol. The van der Waals surface area contributed by atoms with Crippen LogP contribution < -0.4 is 4.90 Å². The fraction of sp³-hybridized carbons (Fsp3) is 0.381. The quantitative estimate of drug-likeness (QED) is 0.542. The van der Waals surface area contributed by atoms with Crippen molar-refractivity contribution in [1.29, 1.82) is 0 Å². The van der Waals surface area contributed by atoms with E-state index in [1.54, 1.807) is 11.0 Å². The van der Waals surface area contributed by atoms with Gasteiger partial charge >= 0.3 is 0 Å². The molecule has 0 N–H and O–H groups in total. The number of non-ortho nitro benzene ring substituents is 1. The standard InChI is InChI=1S/C21H25N3O4/c1-2-22(11-10-17-6-4-3-5-7-17)21(25)19-16-18(24(26)27)8-9-20(19)23-12-14-28-15-13-23/h3-9,16H,2,10-15H2,1H3. The number of morpholine rings is 1. The molecule has 1 saturated heterocycles. The van der Waals surface area contributed by atoms with Crippen molar-refractivity contribution < 1.29 is 14.5 Å². The van der Waals surface area contributed by atoms with Crippen molar-refractivity contribution in [2.24, 2.45) is 0 Å². The molecule has 0 saturated carbocycles. The molecule has 0 atom stereocenters. The summed E-state index contributed by atoms with van der Waals surface area (Å²) in [7, 11) is 0. The minimum atomic E-state index is -0.458. The molecule has 1 aliphatic heterocycles. The molecule has 1 heterocycles. The summed E-state index contributed by atoms with van der Waals surface area (Å²) in [5, 5.41) is 11.3. The van der Waals surface area contributed by atoms with E-state index in [0.29, 0.717) is 45.0 Å². The van der Waals surface area contributed by atoms with Crippen LogP contribution in [0.2, 0.25) is 0 Å². The molecule has 0 aromatic heterocycles. The van der Waals surface area contributed by atoms with Crippen LogP contribution in [0.5, 0.6) is 0 Å². The molecule has 7 heteroatoms. The van der Waals surface area contributed by atoms with Gasteiger partial charge in [-0.1, -0.05) is 30.3 Å². The molecule has 2 aromatic carbocycles. The van der Waals surface area contributed by atoms with Gasteiger partial charge in [0.05, 0.1) is 29.4 Å². The van der Waals surface area contributed by atoms with Crippen molar-refractivity contribution in [3.05, 3.63) is 69.8 Å². The Balaban J connectivity index is 1.86. The highest BCUT2D eigenvalue weighted by atomic mass is 16.6. The monoisotopic (exact) mass is 383 g/mol. The summed E-state index contributed by atoms with van der Waals surface area (Å²) in [6.07, 6.45) is 0.738. The highest BCUT2D eigenvalue weighted by molar-refractivity contribution is 6.00. The van der Waals surface area contributed by atoms with Gasteiger partial charge in [0.25, 0.3) is 11.6 Å². The van der Waals surface area contributed by atoms with Crippen molar-refractivity contribution in [2.45, 2.75) is 13.3 Å². The van der Waals surface area contributed by atoms with Gasteiger partial charge in [0.2, 0.25) is 0 Å². The zero-order chi connectivity index (χ0) is 19.9. The Bertz CT molecular complexity index is 820. The van der Waals surface area contributed by atoms with E-state index in [4.69, 9.17) is 4.74 Å². The van der Waals surface area contributed by atoms with Crippen LogP contribution in [0, 0.1) is 10.1 Å². The number of likely N-dealkylation sites (N-methyl/N-ethyl adjacent to an activating group) is 1. The van der Waals surface area contributed by atoms with E-state index in [1.165, 1.54) is 12.1 Å². The normalized spacial score (nSPS) is 14.0. The van der Waals surface area contributed by atoms with Gasteiger partial charge in [-0.2, -0.15) is 0 Å². The maximum atomic E-state index is 13.3. The average molecular weight is 383 g/mol. The molecule has 1 fully saturated rings. The average Bonchev–Trinajstić information content (AvgIpc) is 2.75. The van der Waals surface area contributed by atoms with Crippen molar-refractivity contribution in [3.8, 4) is 0 Å². The van der Waals surface area contributed by atoms with Gasteiger partial charge in [-0.3, -0.25) is 14.9 Å². The number of carbonyl (C=O) groups excluding carboxylic acids is 1. The summed E-state index contributed by atoms with van der Waals surface area (Å²) in [6.45, 7) is 5.50. The van der Waals surface area contributed by atoms with Gasteiger partial charge in [-0.15, -0.1) is 0 Å². The van der Waals surface area contributed by atoms with Crippen LogP contribution >= 0.6 is 0 Å². The molecule has 28 heavy (non-hydrogen) atoms. The number of amides is 1. The van der Waals surface area contributed by atoms with Gasteiger partial charge in [-0.05, 0) is 25.0 Å². The van der Waals surface area contributed by atoms with E-state index < -0.39 is 4.92 Å². The number of nitrogens with zero attached hydrogens (tertiary/aromatic N) is 3. The molecule has 3 rings (SSSR count). The second-order valence-electron chi connectivity index (χ2n) is 6.68. The maximum Gasteiger partial charge on any atom is 0.270 e. The number of hydrogen-bond acceptors (Lipinski definition) is 5. The van der Waals surface area contributed by atoms with Crippen LogP contribution in [0.1, 0.15) is 22.8 Å². The van der Waals surface area contributed by atoms with Crippen LogP contribution in [-0.4, -0.2) is 55.1 Å². The lowest BCUT2D eigenvalue weighted by molar-refractivity contribution is -0.384. The topological polar surface area (TPSA) is 75.9 Å². The Kier molecular flexibility index (Phi) is 6.60. The van der Waals surface area contributed by atoms with Gasteiger partial charge in [0, 0.05) is 38.3 Å². The van der Waals surface area contributed by atoms with Crippen LogP contribution in [0.15, 0.2) is 48.5 Å². The SMILES string of the molecule is CCN(CCc1ccccc1)C(=O)c1cc([N+](=O)[O-])ccc1N1CCOCC1. The van der Waals surface area contributed by atoms with Crippen LogP contribution in [0.25, 0.3) is 0 Å². The fourth-order valence-electron chi connectivity index (χ4n) is 3.37. The number of ether oxygens (including phenoxy) is 1. The van der Waals surface area contributed by atoms with Gasteiger partial charge in [-0.25, -0.2) is 0 Å². The summed E-state index contributed by atoms with van der Waals surface area (Å²) >= 11 is 0. The predicted octanol–water partition coefficient (Wildman–Crippen LogP) is 3.14. The van der Waals surface area contributed by atoms with Gasteiger partial charge in [0.1, 0.15) is 0 Å². The maximum absolute atomic E-state index is 13.3. The smallest absolute Gasteiger partial charge is 0.270 e. The first-order valence-electron chi connectivity index (χ1n) is 9.54. The molecule has 1 aliphatic rings. The van der Waals surface area contributed by atoms with Gasteiger partial charge in [0.15, 0.2) is 0 Å². The predicted molar refractivity (Wildman–Crippen MR) is 108 cm³/mol. The van der Waals surface area contributed by atoms with E-state index in [1.807, 2.05) is 37.3 Å². The van der Waals surface area contributed by atoms with Gasteiger partial charge < -0.3 is 14.5 Å². The number of benzene rings is 2. The second-order valence-corrected chi connectivity index (χ2v) is 6.68. The number of nitro groups is 1. The molecule has 1 amide bonds. The summed E-state index contributed by atoms with van der Waals surface area (Å²) < 4.78 is 5.39. The summed E-state index contributed by atoms with van der Waals surface area (Å²) in [4.78, 5) is 27.9. The number of rotatable bonds is 7. The molecule has 0 bridgehead atoms. The molecule has 2 aromatic rings. The molecule has 0 spiro atoms. The number of carbonyl (C=O) groups is 1. The van der Waals surface area contributed by atoms with Crippen molar-refractivity contribution in [1.82, 2.24) is 4.90 Å². The lowest BCUT2D eigenvalue weighted by Gasteiger charge is -2.31. The Morgan fingerprint density at radius 1 is 1.18 bits per heavy atom. The molecule has 0 aliphatic carbocycles. The van der Waals surface area contributed by atoms with E-state index in [2.05, 4.69) is 4.90 Å². The van der Waals surface area contributed by atoms with Crippen molar-refractivity contribution in [2.75, 3.05) is 44.3 Å². The first-order chi connectivity index (χ1) is 13.6. The lowest BCUT2D eigenvalue weighted by Crippen LogP contribution is -2.39. The largest absolute Gasteiger partial charge is 0.378 e. The lowest BCUT2D eigenvalue weighted by atomic mass is 10.1.